The Morgan fingerprint density at radius 2 is 1.82 bits per heavy atom. The summed E-state index contributed by atoms with van der Waals surface area (Å²) >= 11 is 0. The smallest absolute Gasteiger partial charge is 0.390 e. The second-order valence-electron chi connectivity index (χ2n) is 10.3. The van der Waals surface area contributed by atoms with Gasteiger partial charge in [0.05, 0.1) is 6.10 Å². The van der Waals surface area contributed by atoms with Gasteiger partial charge in [0, 0.05) is 16.7 Å². The van der Waals surface area contributed by atoms with Gasteiger partial charge in [-0.25, -0.2) is 8.96 Å². The van der Waals surface area contributed by atoms with Gasteiger partial charge in [-0.2, -0.15) is 0 Å². The maximum Gasteiger partial charge on any atom is 0.466 e. The summed E-state index contributed by atoms with van der Waals surface area (Å²) in [6, 6.07) is 0. The molecule has 0 radical (unpaired) electrons. The van der Waals surface area contributed by atoms with E-state index in [9.17, 15) is 24.9 Å². The summed E-state index contributed by atoms with van der Waals surface area (Å²) in [5.74, 6) is -2.12. The van der Waals surface area contributed by atoms with Gasteiger partial charge in [0.1, 0.15) is 12.2 Å². The number of rotatable bonds is 2. The maximum atomic E-state index is 16.9. The first-order valence-electron chi connectivity index (χ1n) is 10.9. The van der Waals surface area contributed by atoms with Crippen LogP contribution >= 0.6 is 7.82 Å². The van der Waals surface area contributed by atoms with E-state index in [4.69, 9.17) is 19.2 Å². The van der Waals surface area contributed by atoms with E-state index in [-0.39, 0.29) is 18.1 Å². The average molecular weight is 490 g/mol. The monoisotopic (exact) mass is 490 g/mol. The molecule has 3 fully saturated rings. The van der Waals surface area contributed by atoms with Gasteiger partial charge < -0.3 is 30.0 Å². The predicted molar refractivity (Wildman–Crippen MR) is 114 cm³/mol. The number of phosphoric acid groups is 1. The molecule has 11 heteroatoms. The Morgan fingerprint density at radius 1 is 1.24 bits per heavy atom. The molecule has 3 saturated carbocycles. The molecular weight excluding hydrogens is 458 g/mol. The van der Waals surface area contributed by atoms with Crippen LogP contribution in [0, 0.1) is 28.6 Å². The second kappa shape index (κ2) is 8.16. The first-order chi connectivity index (χ1) is 15.0. The van der Waals surface area contributed by atoms with E-state index in [2.05, 4.69) is 0 Å². The van der Waals surface area contributed by atoms with Crippen molar-refractivity contribution in [2.75, 3.05) is 6.61 Å². The standard InChI is InChI=1S/C22H29FO5.H3O4P/c1-12-8-16-15-5-4-13-9-14(25)6-7-19(13,2)21(15,23)17(26)10-20(16,3)22(12,28)18(27)11-24;1-5(2,3)4/h6-7,9,12,15-17,24,26,28H,4-5,8,10-11H2,1-3H3;(H3,1,2,3,4)/t12-,15?,16?,17+,19+,20+,21+,22+;/m1./s1. The quantitative estimate of drug-likeness (QED) is 0.308. The third kappa shape index (κ3) is 3.71. The van der Waals surface area contributed by atoms with Crippen molar-refractivity contribution in [2.24, 2.45) is 28.6 Å². The number of Topliss-reactive ketones (excluding diaryl/α,β-unsaturated/α-hetero) is 1. The lowest BCUT2D eigenvalue weighted by molar-refractivity contribution is -0.219. The fourth-order valence-corrected chi connectivity index (χ4v) is 7.26. The molecule has 8 atom stereocenters. The van der Waals surface area contributed by atoms with E-state index in [0.717, 1.165) is 0 Å². The molecular formula is C22H32FO9P. The highest BCUT2D eigenvalue weighted by molar-refractivity contribution is 7.45. The van der Waals surface area contributed by atoms with Gasteiger partial charge in [-0.15, -0.1) is 0 Å². The van der Waals surface area contributed by atoms with Crippen LogP contribution in [0.3, 0.4) is 0 Å². The Labute approximate surface area is 191 Å². The molecule has 0 amide bonds. The fourth-order valence-electron chi connectivity index (χ4n) is 7.26. The van der Waals surface area contributed by atoms with Crippen LogP contribution in [0.1, 0.15) is 46.5 Å². The third-order valence-corrected chi connectivity index (χ3v) is 8.79. The Morgan fingerprint density at radius 3 is 2.36 bits per heavy atom. The van der Waals surface area contributed by atoms with Crippen molar-refractivity contribution in [1.82, 2.24) is 0 Å². The van der Waals surface area contributed by atoms with Crippen molar-refractivity contribution >= 4 is 19.4 Å². The number of hydrogen-bond acceptors (Lipinski definition) is 6. The zero-order valence-corrected chi connectivity index (χ0v) is 19.7. The Hall–Kier alpha value is -1.26. The predicted octanol–water partition coefficient (Wildman–Crippen LogP) is 0.967. The normalized spacial score (nSPS) is 46.4. The number of allylic oxidation sites excluding steroid dienone is 4. The van der Waals surface area contributed by atoms with Gasteiger partial charge in [0.2, 0.25) is 0 Å². The summed E-state index contributed by atoms with van der Waals surface area (Å²) in [6.07, 6.45) is 4.44. The molecule has 0 aromatic carbocycles. The molecule has 4 aliphatic carbocycles. The van der Waals surface area contributed by atoms with E-state index in [1.165, 1.54) is 12.2 Å². The van der Waals surface area contributed by atoms with Crippen LogP contribution in [-0.4, -0.2) is 65.5 Å². The van der Waals surface area contributed by atoms with E-state index in [0.29, 0.717) is 24.8 Å². The minimum absolute atomic E-state index is 0.0676. The number of hydrogen-bond donors (Lipinski definition) is 6. The number of ketones is 2. The summed E-state index contributed by atoms with van der Waals surface area (Å²) in [7, 11) is -4.64. The maximum absolute atomic E-state index is 16.9. The minimum Gasteiger partial charge on any atom is -0.390 e. The molecule has 0 heterocycles. The lowest BCUT2D eigenvalue weighted by atomic mass is 9.44. The molecule has 4 rings (SSSR count). The Bertz CT molecular complexity index is 951. The highest BCUT2D eigenvalue weighted by atomic mass is 31.2. The van der Waals surface area contributed by atoms with E-state index < -0.39 is 60.3 Å². The number of aliphatic hydroxyl groups excluding tert-OH is 2. The first kappa shape index (κ1) is 26.3. The average Bonchev–Trinajstić information content (AvgIpc) is 2.89. The largest absolute Gasteiger partial charge is 0.466 e. The molecule has 2 unspecified atom stereocenters. The highest BCUT2D eigenvalue weighted by Gasteiger charge is 2.75. The summed E-state index contributed by atoms with van der Waals surface area (Å²) in [4.78, 5) is 45.9. The first-order valence-corrected chi connectivity index (χ1v) is 12.5. The molecule has 0 aliphatic heterocycles. The highest BCUT2D eigenvalue weighted by Crippen LogP contribution is 2.70. The molecule has 0 bridgehead atoms. The molecule has 0 saturated heterocycles. The van der Waals surface area contributed by atoms with Crippen LogP contribution in [-0.2, 0) is 14.2 Å². The number of carbonyl (C=O) groups is 2. The van der Waals surface area contributed by atoms with E-state index in [1.54, 1.807) is 26.8 Å². The van der Waals surface area contributed by atoms with E-state index >= 15 is 4.39 Å². The van der Waals surface area contributed by atoms with Crippen LogP contribution in [0.5, 0.6) is 0 Å². The van der Waals surface area contributed by atoms with Crippen molar-refractivity contribution in [2.45, 2.75) is 63.8 Å². The molecule has 186 valence electrons. The molecule has 0 aromatic heterocycles. The molecule has 0 spiro atoms. The zero-order valence-electron chi connectivity index (χ0n) is 18.8. The number of carbonyl (C=O) groups excluding carboxylic acids is 2. The van der Waals surface area contributed by atoms with Gasteiger partial charge in [0.25, 0.3) is 0 Å². The summed E-state index contributed by atoms with van der Waals surface area (Å²) in [5, 5.41) is 32.0. The van der Waals surface area contributed by atoms with Gasteiger partial charge in [0.15, 0.2) is 17.2 Å². The topological polar surface area (TPSA) is 173 Å². The number of halogens is 1. The number of fused-ring (bicyclic) bond motifs is 5. The Kier molecular flexibility index (Phi) is 6.51. The summed E-state index contributed by atoms with van der Waals surface area (Å²) in [6.45, 7) is 4.48. The third-order valence-electron chi connectivity index (χ3n) is 8.79. The van der Waals surface area contributed by atoms with Crippen molar-refractivity contribution in [1.29, 1.82) is 0 Å². The van der Waals surface area contributed by atoms with Crippen LogP contribution in [0.4, 0.5) is 4.39 Å². The van der Waals surface area contributed by atoms with E-state index in [1.807, 2.05) is 0 Å². The summed E-state index contributed by atoms with van der Waals surface area (Å²) < 4.78 is 25.7. The minimum atomic E-state index is -4.64. The lowest BCUT2D eigenvalue weighted by Gasteiger charge is -2.62. The SMILES string of the molecule is C[C@@H]1CC2C3CCC4=CC(=O)C=C[C@]4(C)[C@@]3(F)[C@@H](O)C[C@]2(C)[C@@]1(O)C(=O)CO.O=P(O)(O)O. The molecule has 0 aromatic rings. The van der Waals surface area contributed by atoms with Crippen molar-refractivity contribution in [3.63, 3.8) is 0 Å². The van der Waals surface area contributed by atoms with Crippen molar-refractivity contribution in [3.8, 4) is 0 Å². The van der Waals surface area contributed by atoms with Gasteiger partial charge in [-0.05, 0) is 56.6 Å². The number of alkyl halides is 1. The van der Waals surface area contributed by atoms with Crippen LogP contribution in [0.2, 0.25) is 0 Å². The zero-order chi connectivity index (χ0) is 25.2. The van der Waals surface area contributed by atoms with Crippen LogP contribution in [0.25, 0.3) is 0 Å². The van der Waals surface area contributed by atoms with Crippen molar-refractivity contribution < 1.29 is 48.5 Å². The van der Waals surface area contributed by atoms with Gasteiger partial charge >= 0.3 is 7.82 Å². The molecule has 33 heavy (non-hydrogen) atoms. The van der Waals surface area contributed by atoms with Gasteiger partial charge in [-0.1, -0.05) is 25.5 Å². The fraction of sp³-hybridized carbons (Fsp3) is 0.727. The molecule has 6 N–H and O–H groups in total. The Balaban J connectivity index is 0.000000555. The molecule has 9 nitrogen and oxygen atoms in total. The van der Waals surface area contributed by atoms with Crippen LogP contribution < -0.4 is 0 Å². The van der Waals surface area contributed by atoms with Crippen molar-refractivity contribution in [3.05, 3.63) is 23.8 Å². The lowest BCUT2D eigenvalue weighted by Crippen LogP contribution is -2.69. The summed E-state index contributed by atoms with van der Waals surface area (Å²) in [5.41, 5.74) is -5.17. The van der Waals surface area contributed by atoms with Gasteiger partial charge in [-0.3, -0.25) is 9.59 Å². The second-order valence-corrected chi connectivity index (χ2v) is 11.3. The number of aliphatic hydroxyl groups is 3. The molecule has 4 aliphatic rings. The van der Waals surface area contributed by atoms with Crippen LogP contribution in [0.15, 0.2) is 23.8 Å².